The molecule has 0 spiro atoms. The molecule has 0 unspecified atom stereocenters. The summed E-state index contributed by atoms with van der Waals surface area (Å²) in [7, 11) is -3.93. The van der Waals surface area contributed by atoms with Crippen LogP contribution in [0, 0.1) is 10.1 Å². The fourth-order valence-corrected chi connectivity index (χ4v) is 4.23. The first-order valence-electron chi connectivity index (χ1n) is 6.17. The maximum absolute atomic E-state index is 12.4. The highest BCUT2D eigenvalue weighted by Gasteiger charge is 2.28. The number of benzene rings is 2. The molecule has 2 aromatic carbocycles. The van der Waals surface area contributed by atoms with E-state index >= 15 is 0 Å². The minimum absolute atomic E-state index is 0.0936. The third kappa shape index (κ3) is 3.76. The van der Waals surface area contributed by atoms with E-state index in [9.17, 15) is 18.5 Å². The van der Waals surface area contributed by atoms with Crippen LogP contribution < -0.4 is 0 Å². The Hall–Kier alpha value is -1.63. The molecule has 0 radical (unpaired) electrons. The average Bonchev–Trinajstić information content (AvgIpc) is 2.47. The van der Waals surface area contributed by atoms with E-state index < -0.39 is 31.6 Å². The molecular formula is C14H11Cl2NO4S. The van der Waals surface area contributed by atoms with Gasteiger partial charge in [0.05, 0.1) is 16.1 Å². The van der Waals surface area contributed by atoms with Gasteiger partial charge in [0.25, 0.3) is 5.69 Å². The van der Waals surface area contributed by atoms with Gasteiger partial charge in [-0.25, -0.2) is 8.42 Å². The Kier molecular flexibility index (Phi) is 5.05. The fourth-order valence-electron chi connectivity index (χ4n) is 1.94. The van der Waals surface area contributed by atoms with Gasteiger partial charge in [-0.05, 0) is 17.7 Å². The summed E-state index contributed by atoms with van der Waals surface area (Å²) in [6.45, 7) is 0. The van der Waals surface area contributed by atoms with Crippen molar-refractivity contribution in [3.05, 3.63) is 69.2 Å². The van der Waals surface area contributed by atoms with Gasteiger partial charge in [-0.15, -0.1) is 11.6 Å². The zero-order valence-corrected chi connectivity index (χ0v) is 13.5. The highest BCUT2D eigenvalue weighted by Crippen LogP contribution is 2.31. The minimum atomic E-state index is -3.93. The predicted octanol–water partition coefficient (Wildman–Crippen LogP) is 4.00. The van der Waals surface area contributed by atoms with E-state index in [0.29, 0.717) is 5.56 Å². The number of hydrogen-bond donors (Lipinski definition) is 0. The Labute approximate surface area is 137 Å². The van der Waals surface area contributed by atoms with Crippen molar-refractivity contribution in [1.82, 2.24) is 0 Å². The van der Waals surface area contributed by atoms with Crippen molar-refractivity contribution in [3.63, 3.8) is 0 Å². The second kappa shape index (κ2) is 6.64. The molecule has 1 atom stereocenters. The van der Waals surface area contributed by atoms with Gasteiger partial charge in [0.15, 0.2) is 9.84 Å². The number of alkyl halides is 1. The van der Waals surface area contributed by atoms with Crippen molar-refractivity contribution in [3.8, 4) is 0 Å². The van der Waals surface area contributed by atoms with Crippen LogP contribution >= 0.6 is 23.2 Å². The van der Waals surface area contributed by atoms with Gasteiger partial charge in [-0.3, -0.25) is 10.1 Å². The minimum Gasteiger partial charge on any atom is -0.258 e. The molecule has 8 heteroatoms. The van der Waals surface area contributed by atoms with Crippen LogP contribution in [0.5, 0.6) is 0 Å². The van der Waals surface area contributed by atoms with Crippen molar-refractivity contribution in [2.24, 2.45) is 0 Å². The molecule has 2 aromatic rings. The summed E-state index contributed by atoms with van der Waals surface area (Å²) in [5.41, 5.74) is 0.0776. The van der Waals surface area contributed by atoms with Gasteiger partial charge >= 0.3 is 0 Å². The van der Waals surface area contributed by atoms with E-state index in [4.69, 9.17) is 23.2 Å². The summed E-state index contributed by atoms with van der Waals surface area (Å²) < 4.78 is 24.8. The van der Waals surface area contributed by atoms with Crippen molar-refractivity contribution in [2.45, 2.75) is 10.3 Å². The van der Waals surface area contributed by atoms with E-state index in [1.165, 1.54) is 6.07 Å². The summed E-state index contributed by atoms with van der Waals surface area (Å²) in [5.74, 6) is -0.443. The molecule has 0 aliphatic rings. The molecule has 0 aliphatic carbocycles. The lowest BCUT2D eigenvalue weighted by atomic mass is 10.2. The first-order valence-corrected chi connectivity index (χ1v) is 8.63. The van der Waals surface area contributed by atoms with E-state index in [-0.39, 0.29) is 9.92 Å². The monoisotopic (exact) mass is 359 g/mol. The lowest BCUT2D eigenvalue weighted by Gasteiger charge is -2.11. The first-order chi connectivity index (χ1) is 10.3. The van der Waals surface area contributed by atoms with Crippen molar-refractivity contribution in [2.75, 3.05) is 5.75 Å². The van der Waals surface area contributed by atoms with Crippen molar-refractivity contribution >= 4 is 38.7 Å². The Bertz CT molecular complexity index is 794. The molecule has 2 rings (SSSR count). The summed E-state index contributed by atoms with van der Waals surface area (Å²) in [5, 5.41) is 10.3. The maximum Gasteiger partial charge on any atom is 0.289 e. The van der Waals surface area contributed by atoms with E-state index in [2.05, 4.69) is 0 Å². The zero-order chi connectivity index (χ0) is 16.3. The fraction of sp³-hybridized carbons (Fsp3) is 0.143. The van der Waals surface area contributed by atoms with Crippen LogP contribution in [-0.2, 0) is 9.84 Å². The molecule has 5 nitrogen and oxygen atoms in total. The van der Waals surface area contributed by atoms with Gasteiger partial charge in [-0.2, -0.15) is 0 Å². The van der Waals surface area contributed by atoms with E-state index in [0.717, 1.165) is 12.1 Å². The average molecular weight is 360 g/mol. The third-order valence-corrected chi connectivity index (χ3v) is 5.59. The third-order valence-electron chi connectivity index (χ3n) is 2.98. The molecule has 0 heterocycles. The highest BCUT2D eigenvalue weighted by molar-refractivity contribution is 7.91. The zero-order valence-electron chi connectivity index (χ0n) is 11.1. The largest absolute Gasteiger partial charge is 0.289 e. The molecule has 0 bridgehead atoms. The normalized spacial score (nSPS) is 12.8. The number of rotatable bonds is 5. The Morgan fingerprint density at radius 1 is 1.14 bits per heavy atom. The lowest BCUT2D eigenvalue weighted by Crippen LogP contribution is -2.13. The molecule has 22 heavy (non-hydrogen) atoms. The van der Waals surface area contributed by atoms with E-state index in [1.807, 2.05) is 0 Å². The van der Waals surface area contributed by atoms with Crippen molar-refractivity contribution < 1.29 is 13.3 Å². The number of nitro groups is 1. The topological polar surface area (TPSA) is 77.3 Å². The van der Waals surface area contributed by atoms with Gasteiger partial charge < -0.3 is 0 Å². The molecule has 0 N–H and O–H groups in total. The smallest absolute Gasteiger partial charge is 0.258 e. The standard InChI is InChI=1S/C14H11Cl2NO4S/c15-11-6-7-14(13(8-11)17(18)19)22(20,21)9-12(16)10-4-2-1-3-5-10/h1-8,12H,9H2/t12-/m0/s1. The quantitative estimate of drug-likeness (QED) is 0.459. The molecule has 0 fully saturated rings. The van der Waals surface area contributed by atoms with Crippen molar-refractivity contribution in [1.29, 1.82) is 0 Å². The lowest BCUT2D eigenvalue weighted by molar-refractivity contribution is -0.387. The Morgan fingerprint density at radius 3 is 2.36 bits per heavy atom. The molecule has 0 saturated carbocycles. The van der Waals surface area contributed by atoms with Crippen LogP contribution in [0.2, 0.25) is 5.02 Å². The summed E-state index contributed by atoms with van der Waals surface area (Å²) in [6.07, 6.45) is 0. The molecule has 0 amide bonds. The molecule has 0 aliphatic heterocycles. The van der Waals surface area contributed by atoms with E-state index in [1.54, 1.807) is 30.3 Å². The highest BCUT2D eigenvalue weighted by atomic mass is 35.5. The van der Waals surface area contributed by atoms with Crippen LogP contribution in [-0.4, -0.2) is 19.1 Å². The van der Waals surface area contributed by atoms with Gasteiger partial charge in [0.2, 0.25) is 0 Å². The van der Waals surface area contributed by atoms with Crippen LogP contribution in [0.4, 0.5) is 5.69 Å². The number of nitro benzene ring substituents is 1. The molecule has 116 valence electrons. The van der Waals surface area contributed by atoms with Crippen LogP contribution in [0.1, 0.15) is 10.9 Å². The summed E-state index contributed by atoms with van der Waals surface area (Å²) in [4.78, 5) is 9.87. The second-order valence-corrected chi connectivity index (χ2v) is 7.49. The van der Waals surface area contributed by atoms with Crippen LogP contribution in [0.15, 0.2) is 53.4 Å². The molecule has 0 aromatic heterocycles. The first kappa shape index (κ1) is 16.7. The number of nitrogens with zero attached hydrogens (tertiary/aromatic N) is 1. The maximum atomic E-state index is 12.4. The number of halogens is 2. The van der Waals surface area contributed by atoms with Crippen LogP contribution in [0.3, 0.4) is 0 Å². The molecular weight excluding hydrogens is 349 g/mol. The molecule has 0 saturated heterocycles. The predicted molar refractivity (Wildman–Crippen MR) is 85.2 cm³/mol. The van der Waals surface area contributed by atoms with Gasteiger partial charge in [0, 0.05) is 11.1 Å². The second-order valence-electron chi connectivity index (χ2n) is 4.53. The number of sulfone groups is 1. The Morgan fingerprint density at radius 2 is 1.77 bits per heavy atom. The summed E-state index contributed by atoms with van der Waals surface area (Å²) >= 11 is 11.8. The van der Waals surface area contributed by atoms with Gasteiger partial charge in [0.1, 0.15) is 4.90 Å². The summed E-state index contributed by atoms with van der Waals surface area (Å²) in [6, 6.07) is 12.1. The van der Waals surface area contributed by atoms with Gasteiger partial charge in [-0.1, -0.05) is 41.9 Å². The SMILES string of the molecule is O=[N+]([O-])c1cc(Cl)ccc1S(=O)(=O)C[C@H](Cl)c1ccccc1. The van der Waals surface area contributed by atoms with Crippen LogP contribution in [0.25, 0.3) is 0 Å². The number of hydrogen-bond acceptors (Lipinski definition) is 4. The Balaban J connectivity index is 2.37.